The van der Waals surface area contributed by atoms with Crippen LogP contribution < -0.4 is 10.1 Å². The lowest BCUT2D eigenvalue weighted by atomic mass is 10.1. The zero-order valence-corrected chi connectivity index (χ0v) is 12.4. The first-order valence-corrected chi connectivity index (χ1v) is 7.97. The van der Waals surface area contributed by atoms with E-state index >= 15 is 0 Å². The molecule has 0 amide bonds. The summed E-state index contributed by atoms with van der Waals surface area (Å²) >= 11 is 0. The van der Waals surface area contributed by atoms with Gasteiger partial charge in [0, 0.05) is 30.6 Å². The van der Waals surface area contributed by atoms with E-state index in [1.54, 1.807) is 0 Å². The highest BCUT2D eigenvalue weighted by molar-refractivity contribution is 5.91. The molecule has 1 unspecified atom stereocenters. The number of aromatic nitrogens is 1. The molecule has 1 aromatic heterocycles. The predicted molar refractivity (Wildman–Crippen MR) is 87.2 cm³/mol. The quantitative estimate of drug-likeness (QED) is 0.743. The average Bonchev–Trinajstić information content (AvgIpc) is 2.92. The topological polar surface area (TPSA) is 26.2 Å². The van der Waals surface area contributed by atoms with Crippen LogP contribution in [0.1, 0.15) is 22.9 Å². The molecule has 22 heavy (non-hydrogen) atoms. The molecule has 0 bridgehead atoms. The Morgan fingerprint density at radius 2 is 1.95 bits per heavy atom. The Balaban J connectivity index is 1.71. The van der Waals surface area contributed by atoms with E-state index in [9.17, 15) is 0 Å². The molecule has 0 aliphatic carbocycles. The van der Waals surface area contributed by atoms with Crippen molar-refractivity contribution in [1.29, 1.82) is 0 Å². The first-order valence-electron chi connectivity index (χ1n) is 7.97. The number of hydrogen-bond donors (Lipinski definition) is 1. The summed E-state index contributed by atoms with van der Waals surface area (Å²) in [5, 5.41) is 4.85. The highest BCUT2D eigenvalue weighted by Crippen LogP contribution is 2.40. The van der Waals surface area contributed by atoms with Crippen LogP contribution >= 0.6 is 0 Å². The van der Waals surface area contributed by atoms with Crippen LogP contribution in [-0.4, -0.2) is 11.1 Å². The van der Waals surface area contributed by atoms with E-state index in [1.807, 2.05) is 0 Å². The molecule has 1 N–H and O–H groups in total. The van der Waals surface area contributed by atoms with Gasteiger partial charge in [-0.25, -0.2) is 0 Å². The van der Waals surface area contributed by atoms with Crippen molar-refractivity contribution >= 4 is 10.9 Å². The summed E-state index contributed by atoms with van der Waals surface area (Å²) in [4.78, 5) is 0. The van der Waals surface area contributed by atoms with Crippen molar-refractivity contribution in [2.24, 2.45) is 0 Å². The molecule has 2 aromatic carbocycles. The van der Waals surface area contributed by atoms with Crippen LogP contribution in [0.2, 0.25) is 0 Å². The molecule has 0 fully saturated rings. The van der Waals surface area contributed by atoms with Gasteiger partial charge in [-0.2, -0.15) is 0 Å². The Morgan fingerprint density at radius 1 is 1.05 bits per heavy atom. The van der Waals surface area contributed by atoms with E-state index < -0.39 is 0 Å². The molecule has 3 heterocycles. The second-order valence-electron chi connectivity index (χ2n) is 6.13. The third-order valence-electron chi connectivity index (χ3n) is 4.90. The Kier molecular flexibility index (Phi) is 2.58. The molecule has 3 aromatic rings. The lowest BCUT2D eigenvalue weighted by Crippen LogP contribution is -2.27. The largest absolute Gasteiger partial charge is 0.482 e. The molecular formula is C19H18N2O. The summed E-state index contributed by atoms with van der Waals surface area (Å²) in [6.45, 7) is 2.95. The highest BCUT2D eigenvalue weighted by atomic mass is 16.5. The van der Waals surface area contributed by atoms with Crippen LogP contribution in [0, 0.1) is 0 Å². The summed E-state index contributed by atoms with van der Waals surface area (Å²) < 4.78 is 8.83. The normalized spacial score (nSPS) is 19.7. The minimum absolute atomic E-state index is 0.102. The zero-order valence-electron chi connectivity index (χ0n) is 12.4. The van der Waals surface area contributed by atoms with Crippen LogP contribution in [-0.2, 0) is 19.5 Å². The van der Waals surface area contributed by atoms with Gasteiger partial charge < -0.3 is 14.6 Å². The van der Waals surface area contributed by atoms with Gasteiger partial charge in [-0.3, -0.25) is 0 Å². The highest BCUT2D eigenvalue weighted by Gasteiger charge is 2.28. The zero-order chi connectivity index (χ0) is 14.5. The molecule has 1 atom stereocenters. The van der Waals surface area contributed by atoms with Gasteiger partial charge in [0.1, 0.15) is 11.9 Å². The van der Waals surface area contributed by atoms with Crippen LogP contribution in [0.4, 0.5) is 0 Å². The number of rotatable bonds is 1. The lowest BCUT2D eigenvalue weighted by molar-refractivity contribution is 0.172. The molecule has 0 saturated heterocycles. The molecule has 0 spiro atoms. The number of para-hydroxylation sites is 1. The fourth-order valence-corrected chi connectivity index (χ4v) is 3.89. The number of nitrogens with zero attached hydrogens (tertiary/aromatic N) is 1. The van der Waals surface area contributed by atoms with E-state index in [0.717, 1.165) is 31.8 Å². The molecule has 3 nitrogen and oxygen atoms in total. The van der Waals surface area contributed by atoms with E-state index in [1.165, 1.54) is 27.7 Å². The number of nitrogens with one attached hydrogen (secondary N) is 1. The van der Waals surface area contributed by atoms with Gasteiger partial charge >= 0.3 is 0 Å². The average molecular weight is 290 g/mol. The standard InChI is InChI=1S/C19H18N2O/c1-2-5-13(6-3-1)18-12-21-16-9-10-20-11-15(16)14-7-4-8-17(22-18)19(14)21/h1-8,18,20H,9-12H2. The number of hydrogen-bond acceptors (Lipinski definition) is 2. The Hall–Kier alpha value is -2.26. The van der Waals surface area contributed by atoms with Crippen molar-refractivity contribution in [3.05, 3.63) is 65.4 Å². The fourth-order valence-electron chi connectivity index (χ4n) is 3.89. The fraction of sp³-hybridized carbons (Fsp3) is 0.263. The van der Waals surface area contributed by atoms with Crippen molar-refractivity contribution in [3.63, 3.8) is 0 Å². The van der Waals surface area contributed by atoms with Crippen LogP contribution in [0.5, 0.6) is 5.75 Å². The first-order chi connectivity index (χ1) is 10.9. The molecule has 0 saturated carbocycles. The van der Waals surface area contributed by atoms with Crippen LogP contribution in [0.25, 0.3) is 10.9 Å². The third-order valence-corrected chi connectivity index (χ3v) is 4.90. The Morgan fingerprint density at radius 3 is 2.86 bits per heavy atom. The number of ether oxygens (including phenoxy) is 1. The molecule has 5 rings (SSSR count). The minimum atomic E-state index is 0.102. The maximum Gasteiger partial charge on any atom is 0.144 e. The van der Waals surface area contributed by atoms with E-state index in [4.69, 9.17) is 4.74 Å². The number of benzene rings is 2. The Labute approximate surface area is 129 Å². The summed E-state index contributed by atoms with van der Waals surface area (Å²) in [5.74, 6) is 1.02. The van der Waals surface area contributed by atoms with Crippen LogP contribution in [0.15, 0.2) is 48.5 Å². The summed E-state index contributed by atoms with van der Waals surface area (Å²) in [6, 6.07) is 17.0. The maximum absolute atomic E-state index is 6.33. The first kappa shape index (κ1) is 12.3. The molecule has 110 valence electrons. The lowest BCUT2D eigenvalue weighted by Gasteiger charge is -2.28. The van der Waals surface area contributed by atoms with Crippen molar-refractivity contribution < 1.29 is 4.74 Å². The Bertz CT molecular complexity index is 851. The van der Waals surface area contributed by atoms with E-state index in [2.05, 4.69) is 58.4 Å². The summed E-state index contributed by atoms with van der Waals surface area (Å²) in [6.07, 6.45) is 1.20. The van der Waals surface area contributed by atoms with Gasteiger partial charge in [-0.05, 0) is 17.2 Å². The van der Waals surface area contributed by atoms with Gasteiger partial charge in [0.2, 0.25) is 0 Å². The molecule has 3 heteroatoms. The van der Waals surface area contributed by atoms with E-state index in [-0.39, 0.29) is 6.10 Å². The van der Waals surface area contributed by atoms with Crippen molar-refractivity contribution in [3.8, 4) is 5.75 Å². The minimum Gasteiger partial charge on any atom is -0.482 e. The second-order valence-corrected chi connectivity index (χ2v) is 6.13. The van der Waals surface area contributed by atoms with Gasteiger partial charge in [-0.1, -0.05) is 42.5 Å². The maximum atomic E-state index is 6.33. The van der Waals surface area contributed by atoms with E-state index in [0.29, 0.717) is 0 Å². The summed E-state index contributed by atoms with van der Waals surface area (Å²) in [5.41, 5.74) is 5.48. The molecule has 0 radical (unpaired) electrons. The van der Waals surface area contributed by atoms with Crippen molar-refractivity contribution in [1.82, 2.24) is 9.88 Å². The smallest absolute Gasteiger partial charge is 0.144 e. The van der Waals surface area contributed by atoms with Gasteiger partial charge in [-0.15, -0.1) is 0 Å². The summed E-state index contributed by atoms with van der Waals surface area (Å²) in [7, 11) is 0. The van der Waals surface area contributed by atoms with Crippen molar-refractivity contribution in [2.75, 3.05) is 6.54 Å². The molecular weight excluding hydrogens is 272 g/mol. The SMILES string of the molecule is c1ccc(C2Cn3c4c(c5cccc(c53)O2)CNCC4)cc1. The predicted octanol–water partition coefficient (Wildman–Crippen LogP) is 3.42. The van der Waals surface area contributed by atoms with Crippen LogP contribution in [0.3, 0.4) is 0 Å². The third kappa shape index (κ3) is 1.66. The second kappa shape index (κ2) is 4.62. The van der Waals surface area contributed by atoms with Gasteiger partial charge in [0.05, 0.1) is 12.1 Å². The molecule has 2 aliphatic heterocycles. The van der Waals surface area contributed by atoms with Gasteiger partial charge in [0.15, 0.2) is 0 Å². The van der Waals surface area contributed by atoms with Gasteiger partial charge in [0.25, 0.3) is 0 Å². The number of fused-ring (bicyclic) bond motifs is 3. The van der Waals surface area contributed by atoms with Crippen molar-refractivity contribution in [2.45, 2.75) is 25.6 Å². The molecule has 2 aliphatic rings. The monoisotopic (exact) mass is 290 g/mol.